The number of carbonyl (C=O) groups is 1. The van der Waals surface area contributed by atoms with Crippen molar-refractivity contribution in [2.75, 3.05) is 26.8 Å². The Morgan fingerprint density at radius 2 is 2.29 bits per heavy atom. The van der Waals surface area contributed by atoms with Crippen molar-refractivity contribution >= 4 is 6.03 Å². The highest BCUT2D eigenvalue weighted by molar-refractivity contribution is 5.74. The van der Waals surface area contributed by atoms with Crippen LogP contribution in [0.25, 0.3) is 0 Å². The summed E-state index contributed by atoms with van der Waals surface area (Å²) in [5, 5.41) is 11.9. The fourth-order valence-electron chi connectivity index (χ4n) is 3.11. The quantitative estimate of drug-likeness (QED) is 0.754. The first-order valence-corrected chi connectivity index (χ1v) is 6.22. The number of nitrogens with zero attached hydrogens (tertiary/aromatic N) is 1. The van der Waals surface area contributed by atoms with E-state index in [1.54, 1.807) is 7.05 Å². The van der Waals surface area contributed by atoms with Gasteiger partial charge in [0.1, 0.15) is 0 Å². The highest BCUT2D eigenvalue weighted by atomic mass is 16.5. The number of hydrogen-bond donors (Lipinski definition) is 2. The average molecular weight is 242 g/mol. The molecule has 3 atom stereocenters. The summed E-state index contributed by atoms with van der Waals surface area (Å²) >= 11 is 0. The standard InChI is InChI=1S/C12H22N2O3/c1-12(2)9(8-4-7-17-10(8)12)13-11(16)14(3)5-6-15/h8-10,15H,4-7H2,1-3H3,(H,13,16). The predicted molar refractivity (Wildman–Crippen MR) is 63.7 cm³/mol. The van der Waals surface area contributed by atoms with Crippen LogP contribution >= 0.6 is 0 Å². The number of aliphatic hydroxyl groups excluding tert-OH is 1. The van der Waals surface area contributed by atoms with Gasteiger partial charge >= 0.3 is 6.03 Å². The van der Waals surface area contributed by atoms with Crippen LogP contribution in [0.3, 0.4) is 0 Å². The van der Waals surface area contributed by atoms with E-state index in [0.29, 0.717) is 12.5 Å². The molecule has 2 aliphatic rings. The Kier molecular flexibility index (Phi) is 3.32. The molecule has 98 valence electrons. The van der Waals surface area contributed by atoms with Crippen LogP contribution in [0, 0.1) is 11.3 Å². The van der Waals surface area contributed by atoms with Gasteiger partial charge in [-0.25, -0.2) is 4.79 Å². The summed E-state index contributed by atoms with van der Waals surface area (Å²) in [4.78, 5) is 13.4. The molecule has 2 amide bonds. The largest absolute Gasteiger partial charge is 0.395 e. The van der Waals surface area contributed by atoms with Gasteiger partial charge in [0.05, 0.1) is 12.7 Å². The Balaban J connectivity index is 1.93. The van der Waals surface area contributed by atoms with E-state index in [4.69, 9.17) is 9.84 Å². The maximum Gasteiger partial charge on any atom is 0.317 e. The number of fused-ring (bicyclic) bond motifs is 1. The van der Waals surface area contributed by atoms with Crippen LogP contribution in [-0.2, 0) is 4.74 Å². The Morgan fingerprint density at radius 1 is 1.59 bits per heavy atom. The van der Waals surface area contributed by atoms with Crippen LogP contribution < -0.4 is 5.32 Å². The zero-order valence-electron chi connectivity index (χ0n) is 10.8. The minimum Gasteiger partial charge on any atom is -0.395 e. The highest BCUT2D eigenvalue weighted by Crippen LogP contribution is 2.52. The number of carbonyl (C=O) groups excluding carboxylic acids is 1. The third-order valence-electron chi connectivity index (χ3n) is 4.16. The van der Waals surface area contributed by atoms with Gasteiger partial charge in [0.25, 0.3) is 0 Å². The zero-order chi connectivity index (χ0) is 12.6. The van der Waals surface area contributed by atoms with Gasteiger partial charge in [-0.2, -0.15) is 0 Å². The molecule has 0 bridgehead atoms. The first-order chi connectivity index (χ1) is 7.98. The third kappa shape index (κ3) is 2.02. The number of urea groups is 1. The SMILES string of the molecule is CN(CCO)C(=O)NC1C2CCOC2C1(C)C. The molecule has 1 heterocycles. The molecule has 1 aliphatic heterocycles. The second-order valence-corrected chi connectivity index (χ2v) is 5.64. The molecular formula is C12H22N2O3. The molecule has 0 spiro atoms. The number of amides is 2. The summed E-state index contributed by atoms with van der Waals surface area (Å²) in [7, 11) is 1.69. The minimum atomic E-state index is -0.109. The van der Waals surface area contributed by atoms with Gasteiger partial charge in [0.2, 0.25) is 0 Å². The molecule has 1 aliphatic carbocycles. The molecule has 0 radical (unpaired) electrons. The summed E-state index contributed by atoms with van der Waals surface area (Å²) in [5.74, 6) is 0.455. The molecule has 1 saturated heterocycles. The van der Waals surface area contributed by atoms with E-state index >= 15 is 0 Å². The molecule has 0 aromatic carbocycles. The van der Waals surface area contributed by atoms with Crippen molar-refractivity contribution in [2.45, 2.75) is 32.4 Å². The zero-order valence-corrected chi connectivity index (χ0v) is 10.8. The third-order valence-corrected chi connectivity index (χ3v) is 4.16. The van der Waals surface area contributed by atoms with Crippen LogP contribution in [0.1, 0.15) is 20.3 Å². The fraction of sp³-hybridized carbons (Fsp3) is 0.917. The first kappa shape index (κ1) is 12.6. The number of nitrogens with one attached hydrogen (secondary N) is 1. The molecule has 0 aromatic rings. The van der Waals surface area contributed by atoms with Gasteiger partial charge in [0, 0.05) is 37.6 Å². The van der Waals surface area contributed by atoms with Crippen molar-refractivity contribution < 1.29 is 14.6 Å². The summed E-state index contributed by atoms with van der Waals surface area (Å²) in [6, 6.07) is 0.0751. The summed E-state index contributed by atoms with van der Waals surface area (Å²) < 4.78 is 5.68. The number of aliphatic hydroxyl groups is 1. The number of rotatable bonds is 3. The van der Waals surface area contributed by atoms with E-state index in [-0.39, 0.29) is 30.2 Å². The number of hydrogen-bond acceptors (Lipinski definition) is 3. The van der Waals surface area contributed by atoms with Crippen molar-refractivity contribution in [2.24, 2.45) is 11.3 Å². The lowest BCUT2D eigenvalue weighted by Crippen LogP contribution is -2.67. The van der Waals surface area contributed by atoms with Gasteiger partial charge in [-0.3, -0.25) is 0 Å². The Hall–Kier alpha value is -0.810. The molecule has 1 saturated carbocycles. The van der Waals surface area contributed by atoms with Crippen LogP contribution in [0.15, 0.2) is 0 Å². The van der Waals surface area contributed by atoms with Gasteiger partial charge in [0.15, 0.2) is 0 Å². The van der Waals surface area contributed by atoms with Crippen LogP contribution in [0.4, 0.5) is 4.79 Å². The van der Waals surface area contributed by atoms with Crippen LogP contribution in [-0.4, -0.2) is 55.0 Å². The normalized spacial score (nSPS) is 33.8. The van der Waals surface area contributed by atoms with Crippen molar-refractivity contribution in [3.05, 3.63) is 0 Å². The lowest BCUT2D eigenvalue weighted by atomic mass is 9.57. The summed E-state index contributed by atoms with van der Waals surface area (Å²) in [6.45, 7) is 5.43. The monoisotopic (exact) mass is 242 g/mol. The lowest BCUT2D eigenvalue weighted by Gasteiger charge is -2.54. The fourth-order valence-corrected chi connectivity index (χ4v) is 3.11. The van der Waals surface area contributed by atoms with Gasteiger partial charge < -0.3 is 20.1 Å². The second kappa shape index (κ2) is 4.46. The molecule has 2 fully saturated rings. The predicted octanol–water partition coefficient (Wildman–Crippen LogP) is 0.434. The van der Waals surface area contributed by atoms with E-state index in [9.17, 15) is 4.79 Å². The van der Waals surface area contributed by atoms with E-state index in [0.717, 1.165) is 13.0 Å². The molecule has 5 nitrogen and oxygen atoms in total. The molecular weight excluding hydrogens is 220 g/mol. The van der Waals surface area contributed by atoms with Crippen molar-refractivity contribution in [3.63, 3.8) is 0 Å². The number of likely N-dealkylation sites (N-methyl/N-ethyl adjacent to an activating group) is 1. The van der Waals surface area contributed by atoms with E-state index in [1.807, 2.05) is 0 Å². The van der Waals surface area contributed by atoms with Gasteiger partial charge in [-0.15, -0.1) is 0 Å². The van der Waals surface area contributed by atoms with Crippen LogP contribution in [0.5, 0.6) is 0 Å². The highest BCUT2D eigenvalue weighted by Gasteiger charge is 2.59. The maximum absolute atomic E-state index is 11.9. The van der Waals surface area contributed by atoms with E-state index in [1.165, 1.54) is 4.90 Å². The van der Waals surface area contributed by atoms with Crippen molar-refractivity contribution in [1.82, 2.24) is 10.2 Å². The second-order valence-electron chi connectivity index (χ2n) is 5.64. The molecule has 2 N–H and O–H groups in total. The van der Waals surface area contributed by atoms with Crippen molar-refractivity contribution in [1.29, 1.82) is 0 Å². The van der Waals surface area contributed by atoms with Gasteiger partial charge in [-0.05, 0) is 6.42 Å². The molecule has 0 aromatic heterocycles. The molecule has 5 heteroatoms. The van der Waals surface area contributed by atoms with Crippen molar-refractivity contribution in [3.8, 4) is 0 Å². The topological polar surface area (TPSA) is 61.8 Å². The summed E-state index contributed by atoms with van der Waals surface area (Å²) in [6.07, 6.45) is 1.32. The average Bonchev–Trinajstić information content (AvgIpc) is 2.72. The Labute approximate surface area is 102 Å². The molecule has 17 heavy (non-hydrogen) atoms. The molecule has 3 unspecified atom stereocenters. The van der Waals surface area contributed by atoms with E-state index in [2.05, 4.69) is 19.2 Å². The molecule has 2 rings (SSSR count). The van der Waals surface area contributed by atoms with Gasteiger partial charge in [-0.1, -0.05) is 13.8 Å². The maximum atomic E-state index is 11.9. The first-order valence-electron chi connectivity index (χ1n) is 6.22. The Morgan fingerprint density at radius 3 is 2.94 bits per heavy atom. The Bertz CT molecular complexity index is 306. The van der Waals surface area contributed by atoms with E-state index < -0.39 is 0 Å². The van der Waals surface area contributed by atoms with Crippen LogP contribution in [0.2, 0.25) is 0 Å². The minimum absolute atomic E-state index is 0.00680. The number of ether oxygens (including phenoxy) is 1. The summed E-state index contributed by atoms with van der Waals surface area (Å²) in [5.41, 5.74) is 0.0108. The smallest absolute Gasteiger partial charge is 0.317 e. The lowest BCUT2D eigenvalue weighted by molar-refractivity contribution is -0.109.